The third-order valence-electron chi connectivity index (χ3n) is 4.13. The predicted octanol–water partition coefficient (Wildman–Crippen LogP) is 2.45. The molecule has 1 aromatic carbocycles. The van der Waals surface area contributed by atoms with Gasteiger partial charge in [0, 0.05) is 6.04 Å². The van der Waals surface area contributed by atoms with Crippen LogP contribution < -0.4 is 20.9 Å². The van der Waals surface area contributed by atoms with E-state index in [4.69, 9.17) is 17.0 Å². The van der Waals surface area contributed by atoms with Crippen molar-refractivity contribution in [1.29, 1.82) is 0 Å². The van der Waals surface area contributed by atoms with Crippen molar-refractivity contribution in [2.75, 3.05) is 6.61 Å². The lowest BCUT2D eigenvalue weighted by Crippen LogP contribution is -2.52. The zero-order valence-electron chi connectivity index (χ0n) is 13.7. The van der Waals surface area contributed by atoms with E-state index in [9.17, 15) is 4.79 Å². The fraction of sp³-hybridized carbons (Fsp3) is 0.529. The molecule has 23 heavy (non-hydrogen) atoms. The summed E-state index contributed by atoms with van der Waals surface area (Å²) in [5.74, 6) is 0.998. The maximum absolute atomic E-state index is 11.8. The van der Waals surface area contributed by atoms with Crippen molar-refractivity contribution in [2.45, 2.75) is 45.6 Å². The Hall–Kier alpha value is -1.82. The van der Waals surface area contributed by atoms with Crippen molar-refractivity contribution in [2.24, 2.45) is 5.92 Å². The summed E-state index contributed by atoms with van der Waals surface area (Å²) >= 11 is 5.22. The summed E-state index contributed by atoms with van der Waals surface area (Å²) in [5, 5.41) is 3.72. The molecule has 6 heteroatoms. The second-order valence-corrected chi connectivity index (χ2v) is 6.52. The van der Waals surface area contributed by atoms with E-state index in [-0.39, 0.29) is 12.5 Å². The number of hydrazine groups is 1. The van der Waals surface area contributed by atoms with Crippen molar-refractivity contribution in [3.8, 4) is 5.75 Å². The molecule has 0 aromatic heterocycles. The third kappa shape index (κ3) is 6.06. The van der Waals surface area contributed by atoms with Crippen LogP contribution in [0.2, 0.25) is 0 Å². The van der Waals surface area contributed by atoms with Crippen LogP contribution in [0.3, 0.4) is 0 Å². The van der Waals surface area contributed by atoms with Gasteiger partial charge in [0.05, 0.1) is 0 Å². The summed E-state index contributed by atoms with van der Waals surface area (Å²) in [6.45, 7) is 4.17. The molecule has 0 unspecified atom stereocenters. The van der Waals surface area contributed by atoms with Gasteiger partial charge in [0.1, 0.15) is 5.75 Å². The summed E-state index contributed by atoms with van der Waals surface area (Å²) in [4.78, 5) is 11.8. The van der Waals surface area contributed by atoms with Gasteiger partial charge in [0.15, 0.2) is 11.7 Å². The highest BCUT2D eigenvalue weighted by Crippen LogP contribution is 2.23. The Morgan fingerprint density at radius 2 is 1.91 bits per heavy atom. The number of nitrogens with one attached hydrogen (secondary N) is 3. The summed E-state index contributed by atoms with van der Waals surface area (Å²) in [6, 6.07) is 7.94. The van der Waals surface area contributed by atoms with Crippen LogP contribution in [0.25, 0.3) is 0 Å². The fourth-order valence-electron chi connectivity index (χ4n) is 2.68. The Kier molecular flexibility index (Phi) is 6.65. The monoisotopic (exact) mass is 335 g/mol. The number of aryl methyl sites for hydroxylation is 1. The van der Waals surface area contributed by atoms with E-state index in [1.165, 1.54) is 19.3 Å². The van der Waals surface area contributed by atoms with Crippen molar-refractivity contribution in [3.63, 3.8) is 0 Å². The number of hydrogen-bond donors (Lipinski definition) is 3. The van der Waals surface area contributed by atoms with E-state index in [1.54, 1.807) is 0 Å². The molecular weight excluding hydrogens is 310 g/mol. The zero-order valence-corrected chi connectivity index (χ0v) is 14.5. The predicted molar refractivity (Wildman–Crippen MR) is 95.1 cm³/mol. The molecule has 1 aliphatic rings. The minimum Gasteiger partial charge on any atom is -0.484 e. The van der Waals surface area contributed by atoms with Crippen LogP contribution in [0.1, 0.15) is 38.2 Å². The first-order valence-corrected chi connectivity index (χ1v) is 8.50. The Labute approximate surface area is 143 Å². The van der Waals surface area contributed by atoms with Gasteiger partial charge in [-0.3, -0.25) is 15.6 Å². The van der Waals surface area contributed by atoms with Gasteiger partial charge < -0.3 is 10.1 Å². The normalized spacial score (nSPS) is 20.4. The molecule has 0 bridgehead atoms. The minimum atomic E-state index is -0.272. The molecule has 2 atom stereocenters. The average Bonchev–Trinajstić information content (AvgIpc) is 2.54. The Bertz CT molecular complexity index is 533. The summed E-state index contributed by atoms with van der Waals surface area (Å²) in [6.07, 6.45) is 4.85. The van der Waals surface area contributed by atoms with Crippen molar-refractivity contribution >= 4 is 23.2 Å². The number of benzene rings is 1. The van der Waals surface area contributed by atoms with Crippen molar-refractivity contribution in [1.82, 2.24) is 16.2 Å². The van der Waals surface area contributed by atoms with Gasteiger partial charge >= 0.3 is 0 Å². The van der Waals surface area contributed by atoms with Crippen LogP contribution in [0.4, 0.5) is 0 Å². The maximum atomic E-state index is 11.8. The van der Waals surface area contributed by atoms with E-state index >= 15 is 0 Å². The molecule has 0 heterocycles. The average molecular weight is 335 g/mol. The van der Waals surface area contributed by atoms with Crippen molar-refractivity contribution < 1.29 is 9.53 Å². The van der Waals surface area contributed by atoms with Crippen molar-refractivity contribution in [3.05, 3.63) is 29.8 Å². The quantitative estimate of drug-likeness (QED) is 0.583. The van der Waals surface area contributed by atoms with E-state index in [2.05, 4.69) is 23.1 Å². The van der Waals surface area contributed by atoms with Crippen LogP contribution in [0.5, 0.6) is 5.75 Å². The molecule has 5 nitrogen and oxygen atoms in total. The third-order valence-corrected chi connectivity index (χ3v) is 4.35. The molecule has 2 rings (SSSR count). The highest BCUT2D eigenvalue weighted by Gasteiger charge is 2.21. The van der Waals surface area contributed by atoms with Gasteiger partial charge in [-0.25, -0.2) is 0 Å². The number of carbonyl (C=O) groups is 1. The molecule has 1 aromatic rings. The fourth-order valence-corrected chi connectivity index (χ4v) is 2.88. The molecule has 126 valence electrons. The number of carbonyl (C=O) groups excluding carboxylic acids is 1. The second-order valence-electron chi connectivity index (χ2n) is 6.12. The van der Waals surface area contributed by atoms with Crippen LogP contribution in [0, 0.1) is 12.8 Å². The first-order chi connectivity index (χ1) is 11.0. The topological polar surface area (TPSA) is 62.4 Å². The van der Waals surface area contributed by atoms with Gasteiger partial charge in [-0.15, -0.1) is 0 Å². The summed E-state index contributed by atoms with van der Waals surface area (Å²) < 4.78 is 5.41. The zero-order chi connectivity index (χ0) is 16.7. The maximum Gasteiger partial charge on any atom is 0.276 e. The Morgan fingerprint density at radius 3 is 2.61 bits per heavy atom. The summed E-state index contributed by atoms with van der Waals surface area (Å²) in [7, 11) is 0. The number of ether oxygens (including phenoxy) is 1. The van der Waals surface area contributed by atoms with Gasteiger partial charge in [-0.05, 0) is 50.0 Å². The van der Waals surface area contributed by atoms with Gasteiger partial charge in [0.2, 0.25) is 0 Å². The van der Waals surface area contributed by atoms with E-state index in [0.29, 0.717) is 22.8 Å². The molecular formula is C17H25N3O2S. The first-order valence-electron chi connectivity index (χ1n) is 8.09. The molecule has 0 spiro atoms. The molecule has 1 saturated carbocycles. The van der Waals surface area contributed by atoms with Crippen LogP contribution in [-0.4, -0.2) is 23.7 Å². The van der Waals surface area contributed by atoms with E-state index in [0.717, 1.165) is 12.0 Å². The summed E-state index contributed by atoms with van der Waals surface area (Å²) in [5.41, 5.74) is 6.44. The molecule has 1 amide bonds. The molecule has 1 fully saturated rings. The number of thiocarbonyl (C=S) groups is 1. The highest BCUT2D eigenvalue weighted by molar-refractivity contribution is 7.80. The first kappa shape index (κ1) is 17.5. The molecule has 0 aliphatic heterocycles. The lowest BCUT2D eigenvalue weighted by molar-refractivity contribution is -0.123. The van der Waals surface area contributed by atoms with E-state index < -0.39 is 0 Å². The lowest BCUT2D eigenvalue weighted by atomic mass is 9.86. The number of rotatable bonds is 4. The van der Waals surface area contributed by atoms with Crippen LogP contribution >= 0.6 is 12.2 Å². The van der Waals surface area contributed by atoms with E-state index in [1.807, 2.05) is 31.2 Å². The van der Waals surface area contributed by atoms with Gasteiger partial charge in [-0.1, -0.05) is 37.5 Å². The standard InChI is InChI=1S/C17H25N3O2S/c1-12-7-9-14(10-8-12)22-11-16(21)19-20-17(23)18-15-6-4-3-5-13(15)2/h7-10,13,15H,3-6,11H2,1-2H3,(H,19,21)(H2,18,20,23)/t13-,15-/m0/s1. The SMILES string of the molecule is Cc1ccc(OCC(=O)NNC(=S)N[C@H]2CCCC[C@@H]2C)cc1. The molecule has 0 radical (unpaired) electrons. The Balaban J connectivity index is 1.65. The highest BCUT2D eigenvalue weighted by atomic mass is 32.1. The number of hydrogen-bond acceptors (Lipinski definition) is 3. The smallest absolute Gasteiger partial charge is 0.276 e. The lowest BCUT2D eigenvalue weighted by Gasteiger charge is -2.30. The minimum absolute atomic E-state index is 0.0570. The largest absolute Gasteiger partial charge is 0.484 e. The number of amides is 1. The molecule has 0 saturated heterocycles. The van der Waals surface area contributed by atoms with Gasteiger partial charge in [0.25, 0.3) is 5.91 Å². The molecule has 1 aliphatic carbocycles. The van der Waals surface area contributed by atoms with Gasteiger partial charge in [-0.2, -0.15) is 0 Å². The molecule has 3 N–H and O–H groups in total. The second kappa shape index (κ2) is 8.72. The van der Waals surface area contributed by atoms with Crippen LogP contribution in [-0.2, 0) is 4.79 Å². The Morgan fingerprint density at radius 1 is 1.22 bits per heavy atom. The van der Waals surface area contributed by atoms with Crippen LogP contribution in [0.15, 0.2) is 24.3 Å².